The van der Waals surface area contributed by atoms with Gasteiger partial charge in [-0.15, -0.1) is 0 Å². The van der Waals surface area contributed by atoms with Crippen molar-refractivity contribution < 1.29 is 23.5 Å². The van der Waals surface area contributed by atoms with E-state index in [4.69, 9.17) is 16.2 Å². The number of nitrogens with zero attached hydrogens (tertiary/aromatic N) is 2. The summed E-state index contributed by atoms with van der Waals surface area (Å²) in [6.07, 6.45) is 0.624. The number of nitrogens with two attached hydrogens (primary N) is 2. The highest BCUT2D eigenvalue weighted by atomic mass is 32.1. The lowest BCUT2D eigenvalue weighted by Gasteiger charge is -2.34. The van der Waals surface area contributed by atoms with E-state index in [1.807, 2.05) is 20.8 Å². The van der Waals surface area contributed by atoms with Crippen LogP contribution in [0.5, 0.6) is 5.75 Å². The van der Waals surface area contributed by atoms with Crippen molar-refractivity contribution in [3.05, 3.63) is 76.0 Å². The minimum absolute atomic E-state index is 0.0776. The van der Waals surface area contributed by atoms with E-state index in [1.165, 1.54) is 30.2 Å². The highest BCUT2D eigenvalue weighted by Gasteiger charge is 2.37. The van der Waals surface area contributed by atoms with Crippen LogP contribution in [-0.2, 0) is 11.3 Å². The number of halogens is 1. The zero-order valence-electron chi connectivity index (χ0n) is 21.1. The van der Waals surface area contributed by atoms with Crippen LogP contribution in [0.1, 0.15) is 64.5 Å². The molecule has 3 amide bonds. The Bertz CT molecular complexity index is 1290. The van der Waals surface area contributed by atoms with Gasteiger partial charge in [0.25, 0.3) is 11.8 Å². The summed E-state index contributed by atoms with van der Waals surface area (Å²) in [6.45, 7) is 5.39. The van der Waals surface area contributed by atoms with Crippen molar-refractivity contribution >= 4 is 34.9 Å². The number of amides is 3. The Labute approximate surface area is 218 Å². The molecule has 37 heavy (non-hydrogen) atoms. The number of primary amides is 1. The van der Waals surface area contributed by atoms with E-state index in [9.17, 15) is 18.8 Å². The predicted molar refractivity (Wildman–Crippen MR) is 140 cm³/mol. The van der Waals surface area contributed by atoms with Crippen molar-refractivity contribution in [1.82, 2.24) is 14.6 Å². The van der Waals surface area contributed by atoms with Gasteiger partial charge in [-0.05, 0) is 55.6 Å². The first-order valence-electron chi connectivity index (χ1n) is 11.5. The summed E-state index contributed by atoms with van der Waals surface area (Å²) in [6, 6.07) is 11.4. The molecule has 1 aromatic heterocycles. The van der Waals surface area contributed by atoms with Crippen molar-refractivity contribution in [3.8, 4) is 5.75 Å². The highest BCUT2D eigenvalue weighted by Crippen LogP contribution is 2.32. The average Bonchev–Trinajstić information content (AvgIpc) is 3.26. The number of carbonyl (C=O) groups is 3. The van der Waals surface area contributed by atoms with Gasteiger partial charge in [0.05, 0.1) is 19.3 Å². The molecule has 3 rings (SSSR count). The number of carbonyl (C=O) groups excluding carboxylic acids is 3. The number of nitrogens with one attached hydrogen (secondary N) is 1. The minimum Gasteiger partial charge on any atom is -0.497 e. The number of hydrogen-bond acceptors (Lipinski definition) is 7. The van der Waals surface area contributed by atoms with E-state index >= 15 is 0 Å². The van der Waals surface area contributed by atoms with Crippen LogP contribution < -0.4 is 21.5 Å². The molecular formula is C26H30FN5O4S. The van der Waals surface area contributed by atoms with Gasteiger partial charge in [0.1, 0.15) is 22.5 Å². The Kier molecular flexibility index (Phi) is 8.49. The average molecular weight is 528 g/mol. The summed E-state index contributed by atoms with van der Waals surface area (Å²) < 4.78 is 23.9. The van der Waals surface area contributed by atoms with Gasteiger partial charge in [0.15, 0.2) is 5.69 Å². The quantitative estimate of drug-likeness (QED) is 0.368. The number of rotatable bonds is 10. The molecule has 0 radical (unpaired) electrons. The second-order valence-corrected chi connectivity index (χ2v) is 9.84. The smallest absolute Gasteiger partial charge is 0.270 e. The maximum absolute atomic E-state index is 14.7. The third-order valence-electron chi connectivity index (χ3n) is 6.05. The molecule has 11 heteroatoms. The van der Waals surface area contributed by atoms with Crippen LogP contribution in [0.15, 0.2) is 48.5 Å². The van der Waals surface area contributed by atoms with Gasteiger partial charge in [-0.3, -0.25) is 14.4 Å². The van der Waals surface area contributed by atoms with E-state index in [0.717, 1.165) is 0 Å². The lowest BCUT2D eigenvalue weighted by Crippen LogP contribution is -2.50. The largest absolute Gasteiger partial charge is 0.497 e. The molecule has 0 fully saturated rings. The minimum atomic E-state index is -1.18. The lowest BCUT2D eigenvalue weighted by atomic mass is 9.98. The molecule has 0 saturated heterocycles. The van der Waals surface area contributed by atoms with Crippen LogP contribution in [0.2, 0.25) is 0 Å². The van der Waals surface area contributed by atoms with Crippen LogP contribution >= 0.6 is 11.5 Å². The molecule has 0 bridgehead atoms. The third kappa shape index (κ3) is 6.23. The zero-order chi connectivity index (χ0) is 27.3. The topological polar surface area (TPSA) is 141 Å². The second-order valence-electron chi connectivity index (χ2n) is 9.07. The van der Waals surface area contributed by atoms with Crippen molar-refractivity contribution in [2.75, 3.05) is 12.8 Å². The summed E-state index contributed by atoms with van der Waals surface area (Å²) in [7, 11) is 1.51. The lowest BCUT2D eigenvalue weighted by molar-refractivity contribution is -0.127. The third-order valence-corrected chi connectivity index (χ3v) is 6.90. The predicted octanol–water partition coefficient (Wildman–Crippen LogP) is 3.66. The molecule has 1 heterocycles. The number of hydrogen-bond donors (Lipinski definition) is 3. The number of benzene rings is 2. The van der Waals surface area contributed by atoms with Gasteiger partial charge < -0.3 is 26.4 Å². The fraction of sp³-hybridized carbons (Fsp3) is 0.308. The normalized spacial score (nSPS) is 12.0. The van der Waals surface area contributed by atoms with Crippen LogP contribution in [0, 0.1) is 5.82 Å². The molecule has 0 spiro atoms. The van der Waals surface area contributed by atoms with E-state index in [-0.39, 0.29) is 28.4 Å². The zero-order valence-corrected chi connectivity index (χ0v) is 21.9. The van der Waals surface area contributed by atoms with E-state index in [1.54, 1.807) is 30.3 Å². The molecule has 5 N–H and O–H groups in total. The number of aromatic nitrogens is 1. The molecule has 1 unspecified atom stereocenters. The molecule has 0 aliphatic heterocycles. The van der Waals surface area contributed by atoms with Crippen LogP contribution in [0.3, 0.4) is 0 Å². The Morgan fingerprint density at radius 3 is 2.35 bits per heavy atom. The number of methoxy groups -OCH3 is 1. The van der Waals surface area contributed by atoms with E-state index in [0.29, 0.717) is 29.3 Å². The Morgan fingerprint density at radius 2 is 1.81 bits per heavy atom. The summed E-state index contributed by atoms with van der Waals surface area (Å²) >= 11 is 0.691. The fourth-order valence-corrected chi connectivity index (χ4v) is 4.36. The molecule has 196 valence electrons. The van der Waals surface area contributed by atoms with Crippen molar-refractivity contribution in [3.63, 3.8) is 0 Å². The fourth-order valence-electron chi connectivity index (χ4n) is 3.60. The van der Waals surface area contributed by atoms with Gasteiger partial charge in [-0.2, -0.15) is 4.37 Å². The van der Waals surface area contributed by atoms with Crippen LogP contribution in [0.4, 0.5) is 10.1 Å². The van der Waals surface area contributed by atoms with Gasteiger partial charge in [0.2, 0.25) is 5.91 Å². The number of ether oxygens (including phenoxy) is 1. The maximum Gasteiger partial charge on any atom is 0.270 e. The van der Waals surface area contributed by atoms with Crippen molar-refractivity contribution in [2.45, 2.75) is 45.3 Å². The summed E-state index contributed by atoms with van der Waals surface area (Å²) in [5.74, 6) is -2.04. The molecule has 0 saturated carbocycles. The molecule has 9 nitrogen and oxygen atoms in total. The summed E-state index contributed by atoms with van der Waals surface area (Å²) in [5, 5.41) is 2.98. The Morgan fingerprint density at radius 1 is 1.16 bits per heavy atom. The van der Waals surface area contributed by atoms with Gasteiger partial charge in [-0.25, -0.2) is 4.39 Å². The van der Waals surface area contributed by atoms with Crippen molar-refractivity contribution in [1.29, 1.82) is 0 Å². The monoisotopic (exact) mass is 527 g/mol. The first kappa shape index (κ1) is 27.6. The van der Waals surface area contributed by atoms with Crippen molar-refractivity contribution in [2.24, 2.45) is 5.73 Å². The number of anilines is 1. The SMILES string of the molecule is CCC(C)(C)NC(=O)C(c1ccc(OC)cc1)N(Cc1ccccc1F)C(=O)c1snc(C(N)=O)c1N. The molecule has 0 aliphatic rings. The molecule has 1 atom stereocenters. The van der Waals surface area contributed by atoms with Gasteiger partial charge in [0, 0.05) is 11.1 Å². The van der Waals surface area contributed by atoms with Gasteiger partial charge in [-0.1, -0.05) is 37.3 Å². The molecule has 2 aromatic carbocycles. The Hall–Kier alpha value is -3.99. The highest BCUT2D eigenvalue weighted by molar-refractivity contribution is 7.09. The van der Waals surface area contributed by atoms with Crippen LogP contribution in [0.25, 0.3) is 0 Å². The van der Waals surface area contributed by atoms with Crippen LogP contribution in [-0.4, -0.2) is 39.6 Å². The molecule has 0 aliphatic carbocycles. The van der Waals surface area contributed by atoms with Gasteiger partial charge >= 0.3 is 0 Å². The standard InChI is InChI=1S/C26H30FN5O4S/c1-5-26(2,3)30-24(34)21(15-10-12-17(36-4)13-11-15)32(14-16-8-6-7-9-18(16)27)25(35)22-19(28)20(23(29)33)31-37-22/h6-13,21H,5,14,28H2,1-4H3,(H2,29,33)(H,30,34). The summed E-state index contributed by atoms with van der Waals surface area (Å²) in [5.41, 5.74) is 11.0. The second kappa shape index (κ2) is 11.4. The molecule has 3 aromatic rings. The first-order valence-corrected chi connectivity index (χ1v) is 12.3. The number of nitrogen functional groups attached to an aromatic ring is 1. The van der Waals surface area contributed by atoms with E-state index < -0.39 is 35.1 Å². The van der Waals surface area contributed by atoms with E-state index in [2.05, 4.69) is 9.69 Å². The maximum atomic E-state index is 14.7. The summed E-state index contributed by atoms with van der Waals surface area (Å²) in [4.78, 5) is 40.6. The Balaban J connectivity index is 2.18. The molecular weight excluding hydrogens is 497 g/mol. The first-order chi connectivity index (χ1) is 17.5.